The average molecular weight is 571 g/mol. The number of ether oxygens (including phenoxy) is 10. The highest BCUT2D eigenvalue weighted by molar-refractivity contribution is 6.26. The Hall–Kier alpha value is -1.66. The van der Waals surface area contributed by atoms with Crippen LogP contribution < -0.4 is 0 Å². The second kappa shape index (κ2) is 11.8. The predicted octanol–water partition coefficient (Wildman–Crippen LogP) is -1.33. The van der Waals surface area contributed by atoms with E-state index in [1.807, 2.05) is 0 Å². The molecular weight excluding hydrogens is 540 g/mol. The van der Waals surface area contributed by atoms with Gasteiger partial charge in [-0.25, -0.2) is 0 Å². The first-order valence-electron chi connectivity index (χ1n) is 11.9. The minimum Gasteiger partial charge on any atom is -0.462 e. The number of carbonyl (C=O) groups is 3. The summed E-state index contributed by atoms with van der Waals surface area (Å²) in [5.41, 5.74) is 0. The van der Waals surface area contributed by atoms with E-state index in [9.17, 15) is 24.6 Å². The normalized spacial score (nSPS) is 44.1. The van der Waals surface area contributed by atoms with Crippen molar-refractivity contribution in [2.24, 2.45) is 0 Å². The summed E-state index contributed by atoms with van der Waals surface area (Å²) < 4.78 is 55.7. The topological polar surface area (TPSA) is 184 Å². The van der Waals surface area contributed by atoms with E-state index < -0.39 is 104 Å². The van der Waals surface area contributed by atoms with E-state index in [0.29, 0.717) is 0 Å². The molecule has 0 aromatic carbocycles. The minimum absolute atomic E-state index is 0.322. The van der Waals surface area contributed by atoms with E-state index in [1.165, 1.54) is 6.92 Å². The van der Waals surface area contributed by atoms with Crippen LogP contribution in [0.4, 0.5) is 0 Å². The van der Waals surface area contributed by atoms with Gasteiger partial charge in [-0.3, -0.25) is 19.1 Å². The molecule has 0 aliphatic carbocycles. The molecule has 12 atom stereocenters. The molecule has 0 spiro atoms. The zero-order valence-electron chi connectivity index (χ0n) is 21.1. The largest absolute Gasteiger partial charge is 0.462 e. The van der Waals surface area contributed by atoms with Gasteiger partial charge in [0.2, 0.25) is 0 Å². The van der Waals surface area contributed by atoms with E-state index >= 15 is 0 Å². The molecule has 4 fully saturated rings. The van der Waals surface area contributed by atoms with Crippen LogP contribution in [0, 0.1) is 0 Å². The Kier molecular flexibility index (Phi) is 9.13. The third-order valence-electron chi connectivity index (χ3n) is 6.22. The Balaban J connectivity index is 1.47. The highest BCUT2D eigenvalue weighted by Crippen LogP contribution is 2.40. The molecule has 4 aliphatic heterocycles. The lowest BCUT2D eigenvalue weighted by molar-refractivity contribution is -0.359. The number of esters is 3. The van der Waals surface area contributed by atoms with Gasteiger partial charge in [-0.15, -0.1) is 11.6 Å². The van der Waals surface area contributed by atoms with Gasteiger partial charge in [-0.1, -0.05) is 0 Å². The van der Waals surface area contributed by atoms with Crippen LogP contribution in [0.5, 0.6) is 0 Å². The Morgan fingerprint density at radius 2 is 1.50 bits per heavy atom. The summed E-state index contributed by atoms with van der Waals surface area (Å²) in [6, 6.07) is 0. The van der Waals surface area contributed by atoms with E-state index in [0.717, 1.165) is 13.8 Å². The zero-order chi connectivity index (χ0) is 27.8. The minimum atomic E-state index is -1.82. The van der Waals surface area contributed by atoms with Crippen LogP contribution in [0.3, 0.4) is 0 Å². The highest BCUT2D eigenvalue weighted by Gasteiger charge is 2.60. The van der Waals surface area contributed by atoms with Crippen LogP contribution in [-0.4, -0.2) is 121 Å². The van der Waals surface area contributed by atoms with Crippen LogP contribution in [0.15, 0.2) is 0 Å². The molecule has 0 amide bonds. The molecule has 4 heterocycles. The van der Waals surface area contributed by atoms with Crippen LogP contribution in [0.25, 0.3) is 0 Å². The van der Waals surface area contributed by atoms with Crippen molar-refractivity contribution in [3.63, 3.8) is 0 Å². The quantitative estimate of drug-likeness (QED) is 0.198. The number of carbonyl (C=O) groups excluding carboxylic acids is 3. The number of halogens is 1. The SMILES string of the molecule is CC(=O)O[C@@H]1[C@H]2OC(C)(OC[C@H]3O[C@@H]4OC(C)O[C@@H]4[C@@H](O)[C@@H]3O)O[C@H]2O[C@H](COC(=O)CCl)[C@H]1OC(C)=O. The van der Waals surface area contributed by atoms with Gasteiger partial charge in [0.1, 0.15) is 43.0 Å². The number of fused-ring (bicyclic) bond motifs is 2. The molecular formula is C22H31ClO15. The average Bonchev–Trinajstić information content (AvgIpc) is 3.39. The van der Waals surface area contributed by atoms with Gasteiger partial charge in [-0.05, 0) is 6.92 Å². The molecule has 0 bridgehead atoms. The van der Waals surface area contributed by atoms with E-state index in [4.69, 9.17) is 59.0 Å². The molecule has 0 aromatic rings. The molecule has 2 N–H and O–H groups in total. The number of alkyl halides is 1. The van der Waals surface area contributed by atoms with Gasteiger partial charge in [0.05, 0.1) is 6.61 Å². The first kappa shape index (κ1) is 29.3. The van der Waals surface area contributed by atoms with E-state index in [-0.39, 0.29) is 6.61 Å². The van der Waals surface area contributed by atoms with Gasteiger partial charge in [0.15, 0.2) is 37.2 Å². The van der Waals surface area contributed by atoms with Crippen LogP contribution >= 0.6 is 11.6 Å². The number of hydrogen-bond acceptors (Lipinski definition) is 15. The maximum Gasteiger partial charge on any atom is 0.320 e. The van der Waals surface area contributed by atoms with Crippen molar-refractivity contribution in [2.75, 3.05) is 19.1 Å². The molecule has 0 aromatic heterocycles. The summed E-state index contributed by atoms with van der Waals surface area (Å²) in [5, 5.41) is 20.9. The molecule has 4 rings (SSSR count). The van der Waals surface area contributed by atoms with Gasteiger partial charge in [0.25, 0.3) is 5.97 Å². The van der Waals surface area contributed by atoms with Crippen molar-refractivity contribution in [1.29, 1.82) is 0 Å². The number of aliphatic hydroxyl groups excluding tert-OH is 2. The standard InChI is InChI=1S/C22H31ClO15/c1-8(24)31-16-12(6-29-13(26)5-23)36-21-19(18(16)32-9(2)25)37-22(4,38-21)30-7-11-14(27)15(28)17-20(35-11)34-10(3)33-17/h10-12,14-21,27-28H,5-7H2,1-4H3/t10?,11-,12-,14-,15+,16-,17-,18+,19-,20+,21-,22?/m1/s1. The molecule has 0 saturated carbocycles. The van der Waals surface area contributed by atoms with Crippen LogP contribution in [0.1, 0.15) is 27.7 Å². The first-order valence-corrected chi connectivity index (χ1v) is 12.5. The Morgan fingerprint density at radius 3 is 2.16 bits per heavy atom. The molecule has 16 heteroatoms. The van der Waals surface area contributed by atoms with Gasteiger partial charge in [0, 0.05) is 20.8 Å². The lowest BCUT2D eigenvalue weighted by Gasteiger charge is -2.40. The van der Waals surface area contributed by atoms with Gasteiger partial charge >= 0.3 is 17.9 Å². The van der Waals surface area contributed by atoms with Gasteiger partial charge in [-0.2, -0.15) is 0 Å². The third kappa shape index (κ3) is 6.38. The number of hydrogen-bond donors (Lipinski definition) is 2. The molecule has 4 saturated heterocycles. The second-order valence-electron chi connectivity index (χ2n) is 9.21. The molecule has 0 radical (unpaired) electrons. The lowest BCUT2D eigenvalue weighted by Crippen LogP contribution is -2.60. The number of aliphatic hydroxyl groups is 2. The Labute approximate surface area is 222 Å². The second-order valence-corrected chi connectivity index (χ2v) is 9.48. The monoisotopic (exact) mass is 570 g/mol. The summed E-state index contributed by atoms with van der Waals surface area (Å²) in [5.74, 6) is -4.41. The lowest BCUT2D eigenvalue weighted by atomic mass is 9.98. The van der Waals surface area contributed by atoms with Crippen LogP contribution in [-0.2, 0) is 61.8 Å². The van der Waals surface area contributed by atoms with Crippen molar-refractivity contribution in [3.05, 3.63) is 0 Å². The van der Waals surface area contributed by atoms with Crippen molar-refractivity contribution < 1.29 is 72.0 Å². The fourth-order valence-corrected chi connectivity index (χ4v) is 4.71. The molecule has 15 nitrogen and oxygen atoms in total. The number of rotatable bonds is 8. The molecule has 216 valence electrons. The summed E-state index contributed by atoms with van der Waals surface area (Å²) in [7, 11) is 0. The van der Waals surface area contributed by atoms with Crippen molar-refractivity contribution in [2.45, 2.75) is 101 Å². The fourth-order valence-electron chi connectivity index (χ4n) is 4.63. The fraction of sp³-hybridized carbons (Fsp3) is 0.864. The Morgan fingerprint density at radius 1 is 0.842 bits per heavy atom. The molecule has 4 aliphatic rings. The zero-order valence-corrected chi connectivity index (χ0v) is 21.8. The smallest absolute Gasteiger partial charge is 0.320 e. The third-order valence-corrected chi connectivity index (χ3v) is 6.44. The maximum atomic E-state index is 11.9. The summed E-state index contributed by atoms with van der Waals surface area (Å²) in [4.78, 5) is 35.3. The van der Waals surface area contributed by atoms with Crippen molar-refractivity contribution in [3.8, 4) is 0 Å². The molecule has 2 unspecified atom stereocenters. The van der Waals surface area contributed by atoms with E-state index in [1.54, 1.807) is 6.92 Å². The first-order chi connectivity index (χ1) is 17.9. The van der Waals surface area contributed by atoms with E-state index in [2.05, 4.69) is 0 Å². The summed E-state index contributed by atoms with van der Waals surface area (Å²) in [6.07, 6.45) is -12.1. The highest BCUT2D eigenvalue weighted by atomic mass is 35.5. The van der Waals surface area contributed by atoms with Crippen molar-refractivity contribution >= 4 is 29.5 Å². The molecule has 38 heavy (non-hydrogen) atoms. The summed E-state index contributed by atoms with van der Waals surface area (Å²) in [6.45, 7) is 4.61. The van der Waals surface area contributed by atoms with Crippen LogP contribution in [0.2, 0.25) is 0 Å². The Bertz CT molecular complexity index is 887. The van der Waals surface area contributed by atoms with Crippen molar-refractivity contribution in [1.82, 2.24) is 0 Å². The predicted molar refractivity (Wildman–Crippen MR) is 118 cm³/mol. The van der Waals surface area contributed by atoms with Gasteiger partial charge < -0.3 is 52.8 Å². The summed E-state index contributed by atoms with van der Waals surface area (Å²) >= 11 is 5.48. The maximum absolute atomic E-state index is 11.9.